The molecule has 0 saturated carbocycles. The Labute approximate surface area is 95.1 Å². The minimum Gasteiger partial charge on any atom is -0.478 e. The van der Waals surface area contributed by atoms with Gasteiger partial charge in [0.1, 0.15) is 0 Å². The van der Waals surface area contributed by atoms with Crippen molar-refractivity contribution >= 4 is 17.9 Å². The molecule has 7 nitrogen and oxygen atoms in total. The summed E-state index contributed by atoms with van der Waals surface area (Å²) in [5, 5.41) is 17.5. The number of carboxylic acid groups (broad SMARTS) is 2. The van der Waals surface area contributed by atoms with Gasteiger partial charge >= 0.3 is 17.9 Å². The van der Waals surface area contributed by atoms with Crippen molar-refractivity contribution in [3.63, 3.8) is 0 Å². The molecule has 90 valence electrons. The van der Waals surface area contributed by atoms with Gasteiger partial charge in [0.2, 0.25) is 0 Å². The van der Waals surface area contributed by atoms with E-state index in [1.165, 1.54) is 0 Å². The van der Waals surface area contributed by atoms with Crippen LogP contribution in [-0.2, 0) is 9.78 Å². The Balaban J connectivity index is 3.27. The largest absolute Gasteiger partial charge is 0.478 e. The van der Waals surface area contributed by atoms with Gasteiger partial charge in [0, 0.05) is 0 Å². The summed E-state index contributed by atoms with van der Waals surface area (Å²) in [6, 6.07) is 3.02. The molecular formula is C10H8O7. The molecule has 0 aliphatic rings. The van der Waals surface area contributed by atoms with Crippen molar-refractivity contribution in [2.24, 2.45) is 0 Å². The smallest absolute Gasteiger partial charge is 0.373 e. The lowest BCUT2D eigenvalue weighted by Gasteiger charge is -2.05. The lowest BCUT2D eigenvalue weighted by atomic mass is 10.0. The first-order valence-electron chi connectivity index (χ1n) is 4.33. The van der Waals surface area contributed by atoms with E-state index in [-0.39, 0.29) is 11.1 Å². The molecule has 0 radical (unpaired) electrons. The van der Waals surface area contributed by atoms with Gasteiger partial charge in [0.25, 0.3) is 0 Å². The van der Waals surface area contributed by atoms with Gasteiger partial charge in [-0.25, -0.2) is 14.4 Å². The minimum absolute atomic E-state index is 0.239. The van der Waals surface area contributed by atoms with Crippen LogP contribution in [0.3, 0.4) is 0 Å². The average molecular weight is 240 g/mol. The molecule has 0 aliphatic carbocycles. The number of benzene rings is 1. The molecule has 0 saturated heterocycles. The normalized spacial score (nSPS) is 9.71. The number of hydrogen-bond donors (Lipinski definition) is 2. The van der Waals surface area contributed by atoms with E-state index < -0.39 is 23.5 Å². The molecule has 0 amide bonds. The van der Waals surface area contributed by atoms with Crippen LogP contribution >= 0.6 is 0 Å². The van der Waals surface area contributed by atoms with Crippen LogP contribution in [0.25, 0.3) is 0 Å². The first-order valence-corrected chi connectivity index (χ1v) is 4.33. The van der Waals surface area contributed by atoms with Crippen molar-refractivity contribution in [1.82, 2.24) is 0 Å². The van der Waals surface area contributed by atoms with Crippen LogP contribution in [0.4, 0.5) is 0 Å². The molecule has 0 atom stereocenters. The minimum atomic E-state index is -1.43. The highest BCUT2D eigenvalue weighted by Crippen LogP contribution is 2.14. The second-order valence-corrected chi connectivity index (χ2v) is 2.91. The lowest BCUT2D eigenvalue weighted by molar-refractivity contribution is -0.216. The van der Waals surface area contributed by atoms with E-state index in [0.717, 1.165) is 25.3 Å². The fraction of sp³-hybridized carbons (Fsp3) is 0.100. The summed E-state index contributed by atoms with van der Waals surface area (Å²) in [5.74, 6) is -3.74. The fourth-order valence-electron chi connectivity index (χ4n) is 1.15. The quantitative estimate of drug-likeness (QED) is 0.591. The van der Waals surface area contributed by atoms with Crippen LogP contribution in [0.1, 0.15) is 31.1 Å². The van der Waals surface area contributed by atoms with Gasteiger partial charge in [-0.05, 0) is 18.2 Å². The van der Waals surface area contributed by atoms with Crippen LogP contribution < -0.4 is 0 Å². The van der Waals surface area contributed by atoms with Crippen LogP contribution in [0, 0.1) is 0 Å². The molecule has 0 aliphatic heterocycles. The highest BCUT2D eigenvalue weighted by molar-refractivity contribution is 6.04. The topological polar surface area (TPSA) is 110 Å². The van der Waals surface area contributed by atoms with Crippen molar-refractivity contribution < 1.29 is 34.4 Å². The molecule has 0 aromatic heterocycles. The first-order chi connectivity index (χ1) is 7.97. The van der Waals surface area contributed by atoms with E-state index >= 15 is 0 Å². The molecule has 0 bridgehead atoms. The lowest BCUT2D eigenvalue weighted by Crippen LogP contribution is -2.12. The maximum Gasteiger partial charge on any atom is 0.373 e. The molecule has 0 spiro atoms. The highest BCUT2D eigenvalue weighted by atomic mass is 17.2. The molecule has 0 fully saturated rings. The molecular weight excluding hydrogens is 232 g/mol. The summed E-state index contributed by atoms with van der Waals surface area (Å²) >= 11 is 0. The van der Waals surface area contributed by atoms with Gasteiger partial charge in [0.15, 0.2) is 0 Å². The second-order valence-electron chi connectivity index (χ2n) is 2.91. The molecule has 1 aromatic rings. The summed E-state index contributed by atoms with van der Waals surface area (Å²) in [7, 11) is 1.09. The van der Waals surface area contributed by atoms with Crippen LogP contribution in [-0.4, -0.2) is 35.2 Å². The third kappa shape index (κ3) is 2.79. The Hall–Kier alpha value is -2.41. The van der Waals surface area contributed by atoms with Crippen molar-refractivity contribution in [3.05, 3.63) is 34.9 Å². The Morgan fingerprint density at radius 2 is 1.71 bits per heavy atom. The number of aromatic carboxylic acids is 2. The van der Waals surface area contributed by atoms with Crippen LogP contribution in [0.2, 0.25) is 0 Å². The summed E-state index contributed by atoms with van der Waals surface area (Å²) in [6.07, 6.45) is 0. The Bertz CT molecular complexity index is 478. The Morgan fingerprint density at radius 1 is 1.06 bits per heavy atom. The van der Waals surface area contributed by atoms with E-state index in [1.54, 1.807) is 0 Å². The van der Waals surface area contributed by atoms with Crippen molar-refractivity contribution in [2.75, 3.05) is 7.11 Å². The van der Waals surface area contributed by atoms with Crippen LogP contribution in [0.5, 0.6) is 0 Å². The van der Waals surface area contributed by atoms with Crippen molar-refractivity contribution in [3.8, 4) is 0 Å². The van der Waals surface area contributed by atoms with E-state index in [9.17, 15) is 14.4 Å². The maximum atomic E-state index is 11.3. The van der Waals surface area contributed by atoms with E-state index in [2.05, 4.69) is 9.78 Å². The summed E-state index contributed by atoms with van der Waals surface area (Å²) in [6.45, 7) is 0. The SMILES string of the molecule is COOC(=O)c1ccc(C(=O)O)cc1C(=O)O. The van der Waals surface area contributed by atoms with E-state index in [0.29, 0.717) is 0 Å². The molecule has 0 heterocycles. The summed E-state index contributed by atoms with van der Waals surface area (Å²) < 4.78 is 0. The molecule has 1 rings (SSSR count). The number of carbonyl (C=O) groups is 3. The maximum absolute atomic E-state index is 11.3. The average Bonchev–Trinajstić information content (AvgIpc) is 2.28. The van der Waals surface area contributed by atoms with E-state index in [1.807, 2.05) is 0 Å². The first kappa shape index (κ1) is 12.7. The monoisotopic (exact) mass is 240 g/mol. The zero-order valence-corrected chi connectivity index (χ0v) is 8.67. The van der Waals surface area contributed by atoms with Crippen molar-refractivity contribution in [1.29, 1.82) is 0 Å². The summed E-state index contributed by atoms with van der Waals surface area (Å²) in [4.78, 5) is 41.1. The zero-order valence-electron chi connectivity index (χ0n) is 8.67. The second kappa shape index (κ2) is 5.08. The Morgan fingerprint density at radius 3 is 2.18 bits per heavy atom. The predicted molar refractivity (Wildman–Crippen MR) is 52.8 cm³/mol. The van der Waals surface area contributed by atoms with Gasteiger partial charge in [-0.15, -0.1) is 0 Å². The molecule has 7 heteroatoms. The van der Waals surface area contributed by atoms with Gasteiger partial charge in [-0.3, -0.25) is 4.89 Å². The number of rotatable bonds is 4. The van der Waals surface area contributed by atoms with Gasteiger partial charge in [0.05, 0.1) is 23.8 Å². The van der Waals surface area contributed by atoms with Gasteiger partial charge in [-0.2, -0.15) is 4.89 Å². The standard InChI is InChI=1S/C10H8O7/c1-16-17-10(15)6-3-2-5(8(11)12)4-7(6)9(13)14/h2-4H,1H3,(H,11,12)(H,13,14). The number of hydrogen-bond acceptors (Lipinski definition) is 5. The highest BCUT2D eigenvalue weighted by Gasteiger charge is 2.20. The molecule has 17 heavy (non-hydrogen) atoms. The summed E-state index contributed by atoms with van der Waals surface area (Å²) in [5.41, 5.74) is -0.993. The predicted octanol–water partition coefficient (Wildman–Crippen LogP) is 0.801. The third-order valence-corrected chi connectivity index (χ3v) is 1.88. The Kier molecular flexibility index (Phi) is 3.78. The fourth-order valence-corrected chi connectivity index (χ4v) is 1.15. The van der Waals surface area contributed by atoms with Crippen LogP contribution in [0.15, 0.2) is 18.2 Å². The van der Waals surface area contributed by atoms with E-state index in [4.69, 9.17) is 10.2 Å². The third-order valence-electron chi connectivity index (χ3n) is 1.88. The molecule has 0 unspecified atom stereocenters. The number of carbonyl (C=O) groups excluding carboxylic acids is 1. The number of carboxylic acids is 2. The van der Waals surface area contributed by atoms with Gasteiger partial charge in [-0.1, -0.05) is 0 Å². The van der Waals surface area contributed by atoms with Gasteiger partial charge < -0.3 is 10.2 Å². The zero-order chi connectivity index (χ0) is 13.0. The van der Waals surface area contributed by atoms with Crippen molar-refractivity contribution in [2.45, 2.75) is 0 Å². The molecule has 2 N–H and O–H groups in total. The molecule has 1 aromatic carbocycles.